The molecule has 1 aromatic heterocycles. The van der Waals surface area contributed by atoms with Gasteiger partial charge in [-0.3, -0.25) is 9.59 Å². The standard InChI is InChI=1S/C31H22O10/c1-39-22-10-7-15(11-20(22)34)30-28(38)26(36)19-4-2-3-18(31(19)41-30)24-27(37)25-21(35)12-17(33)13-23(25)40-29(24)14-5-8-16(32)9-6-14/h2-13,28,30,32-35,38H,1H3. The number of carbonyl (C=O) groups is 1. The van der Waals surface area contributed by atoms with Gasteiger partial charge in [-0.25, -0.2) is 0 Å². The number of fused-ring (bicyclic) bond motifs is 2. The zero-order chi connectivity index (χ0) is 29.0. The van der Waals surface area contributed by atoms with Crippen molar-refractivity contribution >= 4 is 16.8 Å². The third kappa shape index (κ3) is 4.17. The number of phenols is 4. The normalized spacial score (nSPS) is 16.3. The van der Waals surface area contributed by atoms with E-state index >= 15 is 0 Å². The molecule has 10 nitrogen and oxygen atoms in total. The Labute approximate surface area is 231 Å². The molecular weight excluding hydrogens is 532 g/mol. The number of methoxy groups -OCH3 is 1. The van der Waals surface area contributed by atoms with E-state index in [4.69, 9.17) is 13.9 Å². The monoisotopic (exact) mass is 554 g/mol. The van der Waals surface area contributed by atoms with E-state index in [9.17, 15) is 35.1 Å². The van der Waals surface area contributed by atoms with Crippen LogP contribution in [0.5, 0.6) is 34.5 Å². The molecule has 10 heteroatoms. The first-order valence-electron chi connectivity index (χ1n) is 12.4. The molecule has 2 heterocycles. The number of aromatic hydroxyl groups is 4. The van der Waals surface area contributed by atoms with Crippen LogP contribution in [0.1, 0.15) is 22.0 Å². The van der Waals surface area contributed by atoms with Crippen molar-refractivity contribution in [3.05, 3.63) is 94.1 Å². The fourth-order valence-electron chi connectivity index (χ4n) is 5.02. The van der Waals surface area contributed by atoms with Gasteiger partial charge in [0, 0.05) is 23.3 Å². The van der Waals surface area contributed by atoms with E-state index in [1.54, 1.807) is 0 Å². The van der Waals surface area contributed by atoms with Crippen molar-refractivity contribution in [1.29, 1.82) is 0 Å². The minimum atomic E-state index is -1.62. The zero-order valence-electron chi connectivity index (χ0n) is 21.4. The first-order valence-corrected chi connectivity index (χ1v) is 12.4. The molecule has 6 rings (SSSR count). The lowest BCUT2D eigenvalue weighted by molar-refractivity contribution is 0.0218. The Balaban J connectivity index is 1.62. The molecule has 2 unspecified atom stereocenters. The van der Waals surface area contributed by atoms with Gasteiger partial charge in [0.1, 0.15) is 39.7 Å². The summed E-state index contributed by atoms with van der Waals surface area (Å²) in [5.41, 5.74) is -0.0458. The number of benzene rings is 4. The number of ketones is 1. The number of rotatable bonds is 4. The minimum absolute atomic E-state index is 0.00932. The number of ether oxygens (including phenoxy) is 2. The Morgan fingerprint density at radius 3 is 2.24 bits per heavy atom. The Morgan fingerprint density at radius 1 is 0.805 bits per heavy atom. The fraction of sp³-hybridized carbons (Fsp3) is 0.0968. The lowest BCUT2D eigenvalue weighted by atomic mass is 9.89. The number of para-hydroxylation sites is 1. The van der Waals surface area contributed by atoms with Gasteiger partial charge in [-0.2, -0.15) is 0 Å². The summed E-state index contributed by atoms with van der Waals surface area (Å²) in [6.45, 7) is 0. The summed E-state index contributed by atoms with van der Waals surface area (Å²) in [4.78, 5) is 27.4. The molecule has 0 fully saturated rings. The zero-order valence-corrected chi connectivity index (χ0v) is 21.4. The molecule has 0 saturated heterocycles. The molecule has 1 aliphatic heterocycles. The van der Waals surface area contributed by atoms with E-state index in [-0.39, 0.29) is 67.7 Å². The maximum Gasteiger partial charge on any atom is 0.205 e. The van der Waals surface area contributed by atoms with E-state index in [0.29, 0.717) is 5.56 Å². The molecule has 5 aromatic rings. The molecule has 0 spiro atoms. The highest BCUT2D eigenvalue weighted by molar-refractivity contribution is 6.06. The summed E-state index contributed by atoms with van der Waals surface area (Å²) in [6, 6.07) is 16.8. The van der Waals surface area contributed by atoms with E-state index in [1.807, 2.05) is 0 Å². The van der Waals surface area contributed by atoms with Crippen LogP contribution in [0, 0.1) is 0 Å². The molecule has 1 aliphatic rings. The van der Waals surface area contributed by atoms with Crippen LogP contribution in [0.25, 0.3) is 33.4 Å². The predicted octanol–water partition coefficient (Wildman–Crippen LogP) is 4.64. The van der Waals surface area contributed by atoms with Crippen molar-refractivity contribution in [2.24, 2.45) is 0 Å². The van der Waals surface area contributed by atoms with Crippen molar-refractivity contribution in [2.45, 2.75) is 12.2 Å². The fourth-order valence-corrected chi connectivity index (χ4v) is 5.02. The Bertz CT molecular complexity index is 1910. The van der Waals surface area contributed by atoms with E-state index in [0.717, 1.165) is 6.07 Å². The summed E-state index contributed by atoms with van der Waals surface area (Å²) in [5.74, 6) is -1.59. The van der Waals surface area contributed by atoms with Crippen LogP contribution in [-0.4, -0.2) is 44.5 Å². The van der Waals surface area contributed by atoms with Crippen LogP contribution in [0.15, 0.2) is 82.0 Å². The van der Waals surface area contributed by atoms with E-state index in [1.165, 1.54) is 73.8 Å². The molecule has 4 aromatic carbocycles. The number of carbonyl (C=O) groups excluding carboxylic acids is 1. The van der Waals surface area contributed by atoms with Gasteiger partial charge in [0.25, 0.3) is 0 Å². The number of aliphatic hydroxyl groups is 1. The molecule has 5 N–H and O–H groups in total. The van der Waals surface area contributed by atoms with Crippen LogP contribution >= 0.6 is 0 Å². The first kappa shape index (κ1) is 25.8. The lowest BCUT2D eigenvalue weighted by Crippen LogP contribution is -2.36. The Morgan fingerprint density at radius 2 is 1.54 bits per heavy atom. The second-order valence-corrected chi connectivity index (χ2v) is 9.48. The van der Waals surface area contributed by atoms with Crippen LogP contribution in [-0.2, 0) is 0 Å². The van der Waals surface area contributed by atoms with Gasteiger partial charge in [0.05, 0.1) is 18.2 Å². The van der Waals surface area contributed by atoms with Crippen LogP contribution in [0.4, 0.5) is 0 Å². The van der Waals surface area contributed by atoms with Crippen LogP contribution < -0.4 is 14.9 Å². The van der Waals surface area contributed by atoms with Gasteiger partial charge in [0.15, 0.2) is 29.5 Å². The van der Waals surface area contributed by atoms with E-state index < -0.39 is 29.2 Å². The number of aliphatic hydroxyl groups excluding tert-OH is 1. The van der Waals surface area contributed by atoms with Crippen molar-refractivity contribution in [1.82, 2.24) is 0 Å². The number of hydrogen-bond donors (Lipinski definition) is 5. The molecule has 2 atom stereocenters. The van der Waals surface area contributed by atoms with Gasteiger partial charge >= 0.3 is 0 Å². The third-order valence-electron chi connectivity index (χ3n) is 6.97. The molecule has 0 radical (unpaired) electrons. The molecule has 0 aliphatic carbocycles. The van der Waals surface area contributed by atoms with Crippen LogP contribution in [0.2, 0.25) is 0 Å². The average molecular weight is 555 g/mol. The largest absolute Gasteiger partial charge is 0.508 e. The first-order chi connectivity index (χ1) is 19.7. The number of phenolic OH excluding ortho intramolecular Hbond substituents is 4. The Hall–Kier alpha value is -5.48. The second kappa shape index (κ2) is 9.61. The Kier molecular flexibility index (Phi) is 6.04. The molecule has 0 saturated carbocycles. The molecule has 0 bridgehead atoms. The maximum absolute atomic E-state index is 14.0. The van der Waals surface area contributed by atoms with Crippen molar-refractivity contribution in [2.75, 3.05) is 7.11 Å². The smallest absolute Gasteiger partial charge is 0.205 e. The highest BCUT2D eigenvalue weighted by Gasteiger charge is 2.39. The van der Waals surface area contributed by atoms with E-state index in [2.05, 4.69) is 0 Å². The topological polar surface area (TPSA) is 167 Å². The predicted molar refractivity (Wildman–Crippen MR) is 147 cm³/mol. The minimum Gasteiger partial charge on any atom is -0.508 e. The molecule has 206 valence electrons. The summed E-state index contributed by atoms with van der Waals surface area (Å²) < 4.78 is 17.3. The summed E-state index contributed by atoms with van der Waals surface area (Å²) in [6.07, 6.45) is -2.87. The number of hydrogen-bond acceptors (Lipinski definition) is 10. The lowest BCUT2D eigenvalue weighted by Gasteiger charge is -2.31. The average Bonchev–Trinajstić information content (AvgIpc) is 2.94. The number of Topliss-reactive ketones (excluding diaryl/α,β-unsaturated/α-hetero) is 1. The van der Waals surface area contributed by atoms with Gasteiger partial charge in [0.2, 0.25) is 5.43 Å². The van der Waals surface area contributed by atoms with Crippen LogP contribution in [0.3, 0.4) is 0 Å². The van der Waals surface area contributed by atoms with Gasteiger partial charge < -0.3 is 39.4 Å². The van der Waals surface area contributed by atoms with Crippen molar-refractivity contribution in [3.8, 4) is 56.9 Å². The second-order valence-electron chi connectivity index (χ2n) is 9.48. The summed E-state index contributed by atoms with van der Waals surface area (Å²) in [7, 11) is 1.38. The van der Waals surface area contributed by atoms with Crippen molar-refractivity contribution in [3.63, 3.8) is 0 Å². The molecule has 41 heavy (non-hydrogen) atoms. The van der Waals surface area contributed by atoms with Crippen molar-refractivity contribution < 1.29 is 44.2 Å². The van der Waals surface area contributed by atoms with Gasteiger partial charge in [-0.15, -0.1) is 0 Å². The summed E-state index contributed by atoms with van der Waals surface area (Å²) in [5, 5.41) is 51.4. The SMILES string of the molecule is COc1ccc(C2Oc3c(cccc3-c3c(-c4ccc(O)cc4)oc4cc(O)cc(O)c4c3=O)C(=O)C2O)cc1O. The quantitative estimate of drug-likeness (QED) is 0.211. The van der Waals surface area contributed by atoms with Gasteiger partial charge in [-0.1, -0.05) is 18.2 Å². The maximum atomic E-state index is 14.0. The highest BCUT2D eigenvalue weighted by Crippen LogP contribution is 2.45. The summed E-state index contributed by atoms with van der Waals surface area (Å²) >= 11 is 0. The van der Waals surface area contributed by atoms with Gasteiger partial charge in [-0.05, 0) is 48.0 Å². The molecule has 0 amide bonds. The highest BCUT2D eigenvalue weighted by atomic mass is 16.5. The third-order valence-corrected chi connectivity index (χ3v) is 6.97. The molecular formula is C31H22O10.